The molecular formula is C11H7F3N2O2. The van der Waals surface area contributed by atoms with Gasteiger partial charge in [-0.1, -0.05) is 18.2 Å². The second kappa shape index (κ2) is 5.23. The van der Waals surface area contributed by atoms with E-state index in [1.165, 1.54) is 0 Å². The van der Waals surface area contributed by atoms with Crippen LogP contribution in [0.5, 0.6) is 0 Å². The van der Waals surface area contributed by atoms with E-state index in [0.29, 0.717) is 5.56 Å². The first kappa shape index (κ1) is 13.6. The Bertz CT molecular complexity index is 596. The van der Waals surface area contributed by atoms with Crippen molar-refractivity contribution in [2.24, 2.45) is 0 Å². The van der Waals surface area contributed by atoms with Gasteiger partial charge in [-0.15, -0.1) is 0 Å². The van der Waals surface area contributed by atoms with Crippen molar-refractivity contribution in [2.75, 3.05) is 0 Å². The van der Waals surface area contributed by atoms with Crippen LogP contribution in [0.15, 0.2) is 30.5 Å². The second-order valence-electron chi connectivity index (χ2n) is 3.16. The molecule has 18 heavy (non-hydrogen) atoms. The van der Waals surface area contributed by atoms with Crippen LogP contribution in [0.25, 0.3) is 10.9 Å². The Balaban J connectivity index is 0.000000203. The number of benzene rings is 1. The number of hydrogen-bond acceptors (Lipinski definition) is 2. The molecule has 94 valence electrons. The van der Waals surface area contributed by atoms with E-state index in [1.807, 2.05) is 24.3 Å². The normalized spacial score (nSPS) is 10.3. The third-order valence-electron chi connectivity index (χ3n) is 1.95. The number of carbonyl (C=O) groups is 1. The van der Waals surface area contributed by atoms with Gasteiger partial charge in [0.15, 0.2) is 0 Å². The van der Waals surface area contributed by atoms with Crippen molar-refractivity contribution in [3.05, 3.63) is 36.0 Å². The number of nitrogens with one attached hydrogen (secondary N) is 1. The summed E-state index contributed by atoms with van der Waals surface area (Å²) < 4.78 is 31.7. The number of hydrogen-bond donors (Lipinski definition) is 2. The minimum atomic E-state index is -5.08. The number of aromatic amines is 1. The third kappa shape index (κ3) is 3.25. The van der Waals surface area contributed by atoms with Gasteiger partial charge in [0.25, 0.3) is 0 Å². The number of para-hydroxylation sites is 1. The Morgan fingerprint density at radius 3 is 2.39 bits per heavy atom. The number of nitrogens with zero attached hydrogens (tertiary/aromatic N) is 1. The Morgan fingerprint density at radius 1 is 1.33 bits per heavy atom. The van der Waals surface area contributed by atoms with Gasteiger partial charge in [0.2, 0.25) is 0 Å². The van der Waals surface area contributed by atoms with Crippen molar-refractivity contribution in [1.82, 2.24) is 4.98 Å². The maximum Gasteiger partial charge on any atom is 0.490 e. The number of aliphatic carboxylic acids is 1. The molecule has 0 spiro atoms. The van der Waals surface area contributed by atoms with Gasteiger partial charge in [0, 0.05) is 17.1 Å². The molecule has 0 amide bonds. The molecule has 1 aromatic carbocycles. The number of alkyl halides is 3. The van der Waals surface area contributed by atoms with Crippen molar-refractivity contribution < 1.29 is 23.1 Å². The molecule has 0 aliphatic carbocycles. The number of aromatic nitrogens is 1. The van der Waals surface area contributed by atoms with E-state index in [0.717, 1.165) is 10.9 Å². The first-order chi connectivity index (χ1) is 8.36. The molecule has 0 aliphatic heterocycles. The largest absolute Gasteiger partial charge is 0.490 e. The molecule has 0 fully saturated rings. The van der Waals surface area contributed by atoms with E-state index in [2.05, 4.69) is 11.1 Å². The summed E-state index contributed by atoms with van der Waals surface area (Å²) in [6.45, 7) is 0. The van der Waals surface area contributed by atoms with E-state index in [1.54, 1.807) is 6.20 Å². The molecule has 0 radical (unpaired) electrons. The quantitative estimate of drug-likeness (QED) is 0.760. The fraction of sp³-hybridized carbons (Fsp3) is 0.0909. The van der Waals surface area contributed by atoms with Crippen LogP contribution in [0.4, 0.5) is 13.2 Å². The average Bonchev–Trinajstić information content (AvgIpc) is 2.71. The number of halogens is 3. The molecule has 4 nitrogen and oxygen atoms in total. The van der Waals surface area contributed by atoms with Gasteiger partial charge in [-0.3, -0.25) is 0 Å². The van der Waals surface area contributed by atoms with E-state index < -0.39 is 12.1 Å². The Kier molecular flexibility index (Phi) is 3.94. The highest BCUT2D eigenvalue weighted by atomic mass is 19.4. The SMILES string of the molecule is N#Cc1c[nH]c2ccccc12.O=C(O)C(F)(F)F. The number of nitriles is 1. The smallest absolute Gasteiger partial charge is 0.475 e. The lowest BCUT2D eigenvalue weighted by Gasteiger charge is -1.93. The zero-order chi connectivity index (χ0) is 13.8. The summed E-state index contributed by atoms with van der Waals surface area (Å²) in [5.41, 5.74) is 1.73. The lowest BCUT2D eigenvalue weighted by molar-refractivity contribution is -0.192. The zero-order valence-corrected chi connectivity index (χ0v) is 8.82. The van der Waals surface area contributed by atoms with Crippen LogP contribution >= 0.6 is 0 Å². The monoisotopic (exact) mass is 256 g/mol. The molecule has 2 aromatic rings. The van der Waals surface area contributed by atoms with Gasteiger partial charge in [-0.05, 0) is 6.07 Å². The summed E-state index contributed by atoms with van der Waals surface area (Å²) in [5.74, 6) is -2.76. The lowest BCUT2D eigenvalue weighted by atomic mass is 10.2. The molecule has 2 N–H and O–H groups in total. The molecule has 0 saturated heterocycles. The summed E-state index contributed by atoms with van der Waals surface area (Å²) in [4.78, 5) is 11.9. The van der Waals surface area contributed by atoms with Crippen LogP contribution in [0, 0.1) is 11.3 Å². The number of fused-ring (bicyclic) bond motifs is 1. The van der Waals surface area contributed by atoms with Crippen LogP contribution in [0.3, 0.4) is 0 Å². The number of rotatable bonds is 0. The Labute approximate surface area is 99.3 Å². The van der Waals surface area contributed by atoms with Crippen molar-refractivity contribution in [1.29, 1.82) is 5.26 Å². The second-order valence-corrected chi connectivity index (χ2v) is 3.16. The molecule has 0 aliphatic rings. The maximum absolute atomic E-state index is 10.6. The molecule has 2 rings (SSSR count). The molecule has 0 unspecified atom stereocenters. The number of H-pyrrole nitrogens is 1. The number of carboxylic acid groups (broad SMARTS) is 1. The van der Waals surface area contributed by atoms with E-state index in [4.69, 9.17) is 15.2 Å². The van der Waals surface area contributed by atoms with Crippen molar-refractivity contribution in [2.45, 2.75) is 6.18 Å². The highest BCUT2D eigenvalue weighted by Gasteiger charge is 2.38. The first-order valence-electron chi connectivity index (χ1n) is 4.62. The number of carboxylic acids is 1. The van der Waals surface area contributed by atoms with Gasteiger partial charge >= 0.3 is 12.1 Å². The van der Waals surface area contributed by atoms with Gasteiger partial charge in [0.1, 0.15) is 6.07 Å². The molecule has 0 saturated carbocycles. The molecule has 0 bridgehead atoms. The minimum Gasteiger partial charge on any atom is -0.475 e. The average molecular weight is 256 g/mol. The highest BCUT2D eigenvalue weighted by Crippen LogP contribution is 2.15. The van der Waals surface area contributed by atoms with Crippen LogP contribution < -0.4 is 0 Å². The zero-order valence-electron chi connectivity index (χ0n) is 8.82. The van der Waals surface area contributed by atoms with E-state index >= 15 is 0 Å². The summed E-state index contributed by atoms with van der Waals surface area (Å²) in [7, 11) is 0. The van der Waals surface area contributed by atoms with Crippen LogP contribution in [0.2, 0.25) is 0 Å². The molecular weight excluding hydrogens is 249 g/mol. The fourth-order valence-corrected chi connectivity index (χ4v) is 1.16. The topological polar surface area (TPSA) is 76.9 Å². The van der Waals surface area contributed by atoms with Crippen molar-refractivity contribution in [3.63, 3.8) is 0 Å². The molecule has 1 aromatic heterocycles. The first-order valence-corrected chi connectivity index (χ1v) is 4.62. The van der Waals surface area contributed by atoms with Crippen LogP contribution in [0.1, 0.15) is 5.56 Å². The van der Waals surface area contributed by atoms with Gasteiger partial charge in [-0.25, -0.2) is 4.79 Å². The van der Waals surface area contributed by atoms with Crippen molar-refractivity contribution >= 4 is 16.9 Å². The standard InChI is InChI=1S/C9H6N2.C2HF3O2/c10-5-7-6-11-9-4-2-1-3-8(7)9;3-2(4,5)1(6)7/h1-4,6,11H;(H,6,7). The van der Waals surface area contributed by atoms with Gasteiger partial charge in [0.05, 0.1) is 5.56 Å². The van der Waals surface area contributed by atoms with Gasteiger partial charge < -0.3 is 10.1 Å². The van der Waals surface area contributed by atoms with E-state index in [-0.39, 0.29) is 0 Å². The summed E-state index contributed by atoms with van der Waals surface area (Å²) >= 11 is 0. The molecule has 7 heteroatoms. The highest BCUT2D eigenvalue weighted by molar-refractivity contribution is 5.85. The molecule has 1 heterocycles. The summed E-state index contributed by atoms with van der Waals surface area (Å²) in [6, 6.07) is 9.88. The lowest BCUT2D eigenvalue weighted by Crippen LogP contribution is -2.21. The maximum atomic E-state index is 10.6. The predicted molar refractivity (Wildman–Crippen MR) is 56.7 cm³/mol. The Hall–Kier alpha value is -2.49. The molecule has 0 atom stereocenters. The van der Waals surface area contributed by atoms with Crippen molar-refractivity contribution in [3.8, 4) is 6.07 Å². The Morgan fingerprint density at radius 2 is 1.89 bits per heavy atom. The predicted octanol–water partition coefficient (Wildman–Crippen LogP) is 2.67. The summed E-state index contributed by atoms with van der Waals surface area (Å²) in [6.07, 6.45) is -3.36. The minimum absolute atomic E-state index is 0.709. The third-order valence-corrected chi connectivity index (χ3v) is 1.95. The summed E-state index contributed by atoms with van der Waals surface area (Å²) in [5, 5.41) is 16.8. The van der Waals surface area contributed by atoms with Crippen LogP contribution in [-0.2, 0) is 4.79 Å². The van der Waals surface area contributed by atoms with Crippen LogP contribution in [-0.4, -0.2) is 22.2 Å². The van der Waals surface area contributed by atoms with Gasteiger partial charge in [-0.2, -0.15) is 18.4 Å². The van der Waals surface area contributed by atoms with E-state index in [9.17, 15) is 13.2 Å². The fourth-order valence-electron chi connectivity index (χ4n) is 1.16.